The number of anilines is 1. The molecule has 0 aliphatic carbocycles. The van der Waals surface area contributed by atoms with Gasteiger partial charge in [-0.1, -0.05) is 30.3 Å². The van der Waals surface area contributed by atoms with Gasteiger partial charge in [-0.05, 0) is 36.8 Å². The van der Waals surface area contributed by atoms with Crippen LogP contribution in [-0.2, 0) is 16.1 Å². The van der Waals surface area contributed by atoms with Crippen molar-refractivity contribution >= 4 is 23.4 Å². The molecule has 24 heavy (non-hydrogen) atoms. The highest BCUT2D eigenvalue weighted by molar-refractivity contribution is 6.38. The Morgan fingerprint density at radius 3 is 2.21 bits per heavy atom. The van der Waals surface area contributed by atoms with Crippen molar-refractivity contribution in [3.05, 3.63) is 65.7 Å². The Morgan fingerprint density at radius 2 is 1.62 bits per heavy atom. The Hall–Kier alpha value is -3.15. The van der Waals surface area contributed by atoms with E-state index in [1.807, 2.05) is 30.3 Å². The Labute approximate surface area is 140 Å². The van der Waals surface area contributed by atoms with Gasteiger partial charge in [0.2, 0.25) is 0 Å². The maximum Gasteiger partial charge on any atom is 0.316 e. The van der Waals surface area contributed by atoms with E-state index in [-0.39, 0.29) is 5.56 Å². The van der Waals surface area contributed by atoms with Crippen molar-refractivity contribution in [2.75, 3.05) is 12.3 Å². The summed E-state index contributed by atoms with van der Waals surface area (Å²) >= 11 is 0. The van der Waals surface area contributed by atoms with Gasteiger partial charge in [0.15, 0.2) is 0 Å². The van der Waals surface area contributed by atoms with Crippen molar-refractivity contribution in [2.24, 2.45) is 0 Å². The lowest BCUT2D eigenvalue weighted by atomic mass is 10.2. The van der Waals surface area contributed by atoms with Gasteiger partial charge in [-0.15, -0.1) is 0 Å². The smallest absolute Gasteiger partial charge is 0.316 e. The van der Waals surface area contributed by atoms with Crippen LogP contribution in [0.4, 0.5) is 5.69 Å². The first-order chi connectivity index (χ1) is 11.5. The second-order valence-corrected chi connectivity index (χ2v) is 5.21. The summed E-state index contributed by atoms with van der Waals surface area (Å²) in [5.41, 5.74) is 7.22. The van der Waals surface area contributed by atoms with Gasteiger partial charge in [0.1, 0.15) is 0 Å². The lowest BCUT2D eigenvalue weighted by Crippen LogP contribution is -2.44. The van der Waals surface area contributed by atoms with E-state index in [1.54, 1.807) is 19.1 Å². The van der Waals surface area contributed by atoms with E-state index >= 15 is 0 Å². The molecular weight excluding hydrogens is 306 g/mol. The molecule has 0 atom stereocenters. The first-order valence-electron chi connectivity index (χ1n) is 7.55. The number of rotatable bonds is 4. The van der Waals surface area contributed by atoms with Gasteiger partial charge in [0.25, 0.3) is 5.91 Å². The number of carbonyl (C=O) groups excluding carboxylic acids is 3. The fraction of sp³-hybridized carbons (Fsp3) is 0.167. The number of nitrogens with two attached hydrogens (primary N) is 1. The summed E-state index contributed by atoms with van der Waals surface area (Å²) < 4.78 is 0. The largest absolute Gasteiger partial charge is 0.399 e. The van der Waals surface area contributed by atoms with Gasteiger partial charge in [-0.25, -0.2) is 0 Å². The fourth-order valence-electron chi connectivity index (χ4n) is 2.14. The second-order valence-electron chi connectivity index (χ2n) is 5.21. The molecule has 2 aromatic carbocycles. The number of amides is 3. The van der Waals surface area contributed by atoms with Crippen LogP contribution in [0.3, 0.4) is 0 Å². The Balaban J connectivity index is 2.00. The highest BCUT2D eigenvalue weighted by Crippen LogP contribution is 2.06. The molecule has 0 fully saturated rings. The van der Waals surface area contributed by atoms with E-state index in [1.165, 1.54) is 17.0 Å². The lowest BCUT2D eigenvalue weighted by molar-refractivity contribution is -0.145. The van der Waals surface area contributed by atoms with Crippen molar-refractivity contribution in [1.29, 1.82) is 0 Å². The number of nitrogen functional groups attached to an aromatic ring is 1. The van der Waals surface area contributed by atoms with Crippen LogP contribution in [0.15, 0.2) is 54.6 Å². The highest BCUT2D eigenvalue weighted by Gasteiger charge is 2.23. The molecule has 0 aliphatic heterocycles. The molecular formula is C18H19N3O3. The molecule has 0 saturated carbocycles. The quantitative estimate of drug-likeness (QED) is 0.659. The van der Waals surface area contributed by atoms with Gasteiger partial charge < -0.3 is 10.6 Å². The van der Waals surface area contributed by atoms with Gasteiger partial charge in [-0.2, -0.15) is 0 Å². The number of hydrogen-bond acceptors (Lipinski definition) is 4. The Bertz CT molecular complexity index is 727. The summed E-state index contributed by atoms with van der Waals surface area (Å²) in [5, 5.41) is 2.11. The lowest BCUT2D eigenvalue weighted by Gasteiger charge is -2.20. The van der Waals surface area contributed by atoms with E-state index in [0.29, 0.717) is 18.8 Å². The highest BCUT2D eigenvalue weighted by atomic mass is 16.2. The van der Waals surface area contributed by atoms with Crippen molar-refractivity contribution in [1.82, 2.24) is 10.2 Å². The molecule has 0 spiro atoms. The molecule has 3 amide bonds. The molecule has 124 valence electrons. The standard InChI is InChI=1S/C18H19N3O3/c1-2-21(12-13-6-4-3-5-7-13)18(24)17(23)20-16(22)14-8-10-15(19)11-9-14/h3-11H,2,12,19H2,1H3,(H,20,22,23). The average molecular weight is 325 g/mol. The SMILES string of the molecule is CCN(Cc1ccccc1)C(=O)C(=O)NC(=O)c1ccc(N)cc1. The number of nitrogens with zero attached hydrogens (tertiary/aromatic N) is 1. The third-order valence-electron chi connectivity index (χ3n) is 3.48. The van der Waals surface area contributed by atoms with E-state index in [0.717, 1.165) is 5.56 Å². The molecule has 0 unspecified atom stereocenters. The third-order valence-corrected chi connectivity index (χ3v) is 3.48. The van der Waals surface area contributed by atoms with Crippen LogP contribution < -0.4 is 11.1 Å². The molecule has 3 N–H and O–H groups in total. The van der Waals surface area contributed by atoms with E-state index in [2.05, 4.69) is 5.32 Å². The van der Waals surface area contributed by atoms with Crippen LogP contribution in [0, 0.1) is 0 Å². The average Bonchev–Trinajstić information content (AvgIpc) is 2.60. The normalized spacial score (nSPS) is 10.0. The van der Waals surface area contributed by atoms with E-state index in [4.69, 9.17) is 5.73 Å². The maximum absolute atomic E-state index is 12.2. The minimum absolute atomic E-state index is 0.261. The summed E-state index contributed by atoms with van der Waals surface area (Å²) in [6.45, 7) is 2.44. The molecule has 2 rings (SSSR count). The van der Waals surface area contributed by atoms with Gasteiger partial charge in [0, 0.05) is 24.3 Å². The summed E-state index contributed by atoms with van der Waals surface area (Å²) in [4.78, 5) is 37.7. The number of carbonyl (C=O) groups is 3. The number of benzene rings is 2. The summed E-state index contributed by atoms with van der Waals surface area (Å²) in [7, 11) is 0. The van der Waals surface area contributed by atoms with Crippen molar-refractivity contribution in [3.8, 4) is 0 Å². The predicted molar refractivity (Wildman–Crippen MR) is 90.9 cm³/mol. The zero-order valence-corrected chi connectivity index (χ0v) is 13.4. The van der Waals surface area contributed by atoms with E-state index in [9.17, 15) is 14.4 Å². The van der Waals surface area contributed by atoms with Gasteiger partial charge in [-0.3, -0.25) is 19.7 Å². The van der Waals surface area contributed by atoms with E-state index < -0.39 is 17.7 Å². The predicted octanol–water partition coefficient (Wildman–Crippen LogP) is 1.57. The summed E-state index contributed by atoms with van der Waals surface area (Å²) in [6.07, 6.45) is 0. The molecule has 0 saturated heterocycles. The molecule has 0 aromatic heterocycles. The Morgan fingerprint density at radius 1 is 1.00 bits per heavy atom. The zero-order chi connectivity index (χ0) is 17.5. The van der Waals surface area contributed by atoms with Crippen molar-refractivity contribution in [3.63, 3.8) is 0 Å². The molecule has 0 radical (unpaired) electrons. The minimum atomic E-state index is -0.949. The molecule has 0 bridgehead atoms. The minimum Gasteiger partial charge on any atom is -0.399 e. The van der Waals surface area contributed by atoms with Gasteiger partial charge in [0.05, 0.1) is 0 Å². The van der Waals surface area contributed by atoms with Crippen LogP contribution >= 0.6 is 0 Å². The molecule has 0 aliphatic rings. The topological polar surface area (TPSA) is 92.5 Å². The second kappa shape index (κ2) is 7.92. The van der Waals surface area contributed by atoms with Crippen molar-refractivity contribution in [2.45, 2.75) is 13.5 Å². The third kappa shape index (κ3) is 4.42. The first kappa shape index (κ1) is 17.2. The summed E-state index contributed by atoms with van der Waals surface area (Å²) in [5.74, 6) is -2.33. The molecule has 6 nitrogen and oxygen atoms in total. The molecule has 6 heteroatoms. The summed E-state index contributed by atoms with van der Waals surface area (Å²) in [6, 6.07) is 15.4. The number of nitrogens with one attached hydrogen (secondary N) is 1. The van der Waals surface area contributed by atoms with Gasteiger partial charge >= 0.3 is 11.8 Å². The van der Waals surface area contributed by atoms with Crippen LogP contribution in [0.1, 0.15) is 22.8 Å². The molecule has 0 heterocycles. The first-order valence-corrected chi connectivity index (χ1v) is 7.55. The fourth-order valence-corrected chi connectivity index (χ4v) is 2.14. The number of hydrogen-bond donors (Lipinski definition) is 2. The van der Waals surface area contributed by atoms with Crippen LogP contribution in [0.2, 0.25) is 0 Å². The van der Waals surface area contributed by atoms with Crippen molar-refractivity contribution < 1.29 is 14.4 Å². The number of likely N-dealkylation sites (N-methyl/N-ethyl adjacent to an activating group) is 1. The van der Waals surface area contributed by atoms with Crippen LogP contribution in [-0.4, -0.2) is 29.2 Å². The number of imide groups is 1. The van der Waals surface area contributed by atoms with Crippen LogP contribution in [0.25, 0.3) is 0 Å². The van der Waals surface area contributed by atoms with Crippen LogP contribution in [0.5, 0.6) is 0 Å². The molecule has 2 aromatic rings. The zero-order valence-electron chi connectivity index (χ0n) is 13.4. The Kier molecular flexibility index (Phi) is 5.68. The maximum atomic E-state index is 12.2. The monoisotopic (exact) mass is 325 g/mol.